The molecule has 0 atom stereocenters. The van der Waals surface area contributed by atoms with E-state index < -0.39 is 23.0 Å². The zero-order chi connectivity index (χ0) is 20.5. The van der Waals surface area contributed by atoms with E-state index in [1.54, 1.807) is 22.8 Å². The first kappa shape index (κ1) is 18.1. The highest BCUT2D eigenvalue weighted by Crippen LogP contribution is 2.32. The Hall–Kier alpha value is -3.30. The molecule has 0 aliphatic carbocycles. The monoisotopic (exact) mass is 391 g/mol. The largest absolute Gasteiger partial charge is 0.416 e. The summed E-state index contributed by atoms with van der Waals surface area (Å²) in [6.45, 7) is 3.49. The molecule has 1 aromatic carbocycles. The SMILES string of the molecule is Cc1c(C)n2c3c(=O)n(C)c(=O)n(C)c3nc2n1-c1cccc(C(F)(F)F)c1. The molecule has 0 aliphatic rings. The average molecular weight is 391 g/mol. The molecule has 0 aliphatic heterocycles. The summed E-state index contributed by atoms with van der Waals surface area (Å²) in [5, 5.41) is 0. The maximum Gasteiger partial charge on any atom is 0.416 e. The second-order valence-electron chi connectivity index (χ2n) is 6.68. The van der Waals surface area contributed by atoms with Gasteiger partial charge in [-0.25, -0.2) is 4.79 Å². The second-order valence-corrected chi connectivity index (χ2v) is 6.68. The standard InChI is InChI=1S/C18H16F3N5O2/c1-9-10(2)26-13-14(23(3)17(28)24(4)15(13)27)22-16(26)25(9)12-7-5-6-11(8-12)18(19,20)21/h5-8H,1-4H3. The van der Waals surface area contributed by atoms with Crippen LogP contribution in [0.1, 0.15) is 17.0 Å². The molecule has 0 unspecified atom stereocenters. The molecule has 4 rings (SSSR count). The first-order valence-electron chi connectivity index (χ1n) is 8.37. The number of nitrogens with zero attached hydrogens (tertiary/aromatic N) is 5. The van der Waals surface area contributed by atoms with Crippen LogP contribution in [0.15, 0.2) is 33.9 Å². The van der Waals surface area contributed by atoms with E-state index in [0.717, 1.165) is 16.7 Å². The highest BCUT2D eigenvalue weighted by atomic mass is 19.4. The molecule has 0 saturated heterocycles. The van der Waals surface area contributed by atoms with Gasteiger partial charge in [-0.05, 0) is 32.0 Å². The number of imidazole rings is 2. The minimum absolute atomic E-state index is 0.173. The highest BCUT2D eigenvalue weighted by molar-refractivity contribution is 5.77. The molecule has 3 aromatic heterocycles. The topological polar surface area (TPSA) is 66.2 Å². The van der Waals surface area contributed by atoms with Gasteiger partial charge in [0.2, 0.25) is 5.78 Å². The van der Waals surface area contributed by atoms with Gasteiger partial charge in [0.1, 0.15) is 0 Å². The minimum Gasteiger partial charge on any atom is -0.283 e. The quantitative estimate of drug-likeness (QED) is 0.500. The number of hydrogen-bond acceptors (Lipinski definition) is 3. The number of hydrogen-bond donors (Lipinski definition) is 0. The highest BCUT2D eigenvalue weighted by Gasteiger charge is 2.31. The van der Waals surface area contributed by atoms with Crippen LogP contribution in [0.25, 0.3) is 22.6 Å². The van der Waals surface area contributed by atoms with Gasteiger partial charge in [-0.1, -0.05) is 6.07 Å². The van der Waals surface area contributed by atoms with Gasteiger partial charge in [0, 0.05) is 31.2 Å². The van der Waals surface area contributed by atoms with Crippen molar-refractivity contribution in [2.75, 3.05) is 0 Å². The summed E-state index contributed by atoms with van der Waals surface area (Å²) < 4.78 is 44.8. The molecule has 4 aromatic rings. The number of benzene rings is 1. The van der Waals surface area contributed by atoms with Gasteiger partial charge in [-0.2, -0.15) is 18.2 Å². The van der Waals surface area contributed by atoms with Crippen LogP contribution in [0.2, 0.25) is 0 Å². The summed E-state index contributed by atoms with van der Waals surface area (Å²) in [4.78, 5) is 29.3. The lowest BCUT2D eigenvalue weighted by atomic mass is 10.2. The van der Waals surface area contributed by atoms with Crippen LogP contribution >= 0.6 is 0 Å². The summed E-state index contributed by atoms with van der Waals surface area (Å²) in [6, 6.07) is 4.88. The third-order valence-electron chi connectivity index (χ3n) is 5.07. The Morgan fingerprint density at radius 1 is 1.00 bits per heavy atom. The van der Waals surface area contributed by atoms with Crippen LogP contribution in [-0.4, -0.2) is 23.1 Å². The molecule has 3 heterocycles. The molecule has 0 fully saturated rings. The van der Waals surface area contributed by atoms with Crippen LogP contribution in [0.3, 0.4) is 0 Å². The molecular formula is C18H16F3N5O2. The predicted molar refractivity (Wildman–Crippen MR) is 97.0 cm³/mol. The Morgan fingerprint density at radius 2 is 1.68 bits per heavy atom. The molecule has 0 N–H and O–H groups in total. The maximum absolute atomic E-state index is 13.2. The molecule has 28 heavy (non-hydrogen) atoms. The lowest BCUT2D eigenvalue weighted by Gasteiger charge is -2.11. The first-order chi connectivity index (χ1) is 13.0. The number of aryl methyl sites for hydroxylation is 2. The third kappa shape index (κ3) is 2.26. The van der Waals surface area contributed by atoms with Crippen molar-refractivity contribution in [3.8, 4) is 5.69 Å². The van der Waals surface area contributed by atoms with Gasteiger partial charge in [-0.15, -0.1) is 0 Å². The lowest BCUT2D eigenvalue weighted by Crippen LogP contribution is -2.37. The van der Waals surface area contributed by atoms with Crippen molar-refractivity contribution < 1.29 is 13.2 Å². The van der Waals surface area contributed by atoms with Crippen LogP contribution in [0.4, 0.5) is 13.2 Å². The summed E-state index contributed by atoms with van der Waals surface area (Å²) in [7, 11) is 2.86. The zero-order valence-corrected chi connectivity index (χ0v) is 15.5. The fourth-order valence-electron chi connectivity index (χ4n) is 3.46. The van der Waals surface area contributed by atoms with Crippen molar-refractivity contribution in [2.24, 2.45) is 14.1 Å². The van der Waals surface area contributed by atoms with Crippen LogP contribution < -0.4 is 11.2 Å². The summed E-state index contributed by atoms with van der Waals surface area (Å²) in [5.41, 5.74) is 0.0900. The molecule has 146 valence electrons. The summed E-state index contributed by atoms with van der Waals surface area (Å²) in [6.07, 6.45) is -4.48. The van der Waals surface area contributed by atoms with E-state index >= 15 is 0 Å². The molecule has 0 radical (unpaired) electrons. The van der Waals surface area contributed by atoms with Crippen molar-refractivity contribution in [3.63, 3.8) is 0 Å². The van der Waals surface area contributed by atoms with Crippen LogP contribution in [0, 0.1) is 13.8 Å². The number of halogens is 3. The average Bonchev–Trinajstić information content (AvgIpc) is 3.14. The van der Waals surface area contributed by atoms with Crippen LogP contribution in [-0.2, 0) is 20.3 Å². The van der Waals surface area contributed by atoms with Crippen molar-refractivity contribution >= 4 is 16.9 Å². The molecule has 7 nitrogen and oxygen atoms in total. The molecular weight excluding hydrogens is 375 g/mol. The number of fused-ring (bicyclic) bond motifs is 3. The van der Waals surface area contributed by atoms with Crippen LogP contribution in [0.5, 0.6) is 0 Å². The number of alkyl halides is 3. The van der Waals surface area contributed by atoms with E-state index in [2.05, 4.69) is 4.98 Å². The van der Waals surface area contributed by atoms with Gasteiger partial charge in [-0.3, -0.25) is 22.9 Å². The normalized spacial score (nSPS) is 12.4. The Morgan fingerprint density at radius 3 is 2.32 bits per heavy atom. The van der Waals surface area contributed by atoms with E-state index in [0.29, 0.717) is 11.4 Å². The predicted octanol–water partition coefficient (Wildman–Crippen LogP) is 2.31. The fraction of sp³-hybridized carbons (Fsp3) is 0.278. The van der Waals surface area contributed by atoms with Gasteiger partial charge in [0.05, 0.1) is 5.56 Å². The summed E-state index contributed by atoms with van der Waals surface area (Å²) >= 11 is 0. The van der Waals surface area contributed by atoms with E-state index in [9.17, 15) is 22.8 Å². The Kier molecular flexibility index (Phi) is 3.62. The number of rotatable bonds is 1. The molecule has 0 bridgehead atoms. The van der Waals surface area contributed by atoms with E-state index in [1.807, 2.05) is 0 Å². The van der Waals surface area contributed by atoms with E-state index in [4.69, 9.17) is 0 Å². The number of aromatic nitrogens is 5. The third-order valence-corrected chi connectivity index (χ3v) is 5.07. The minimum atomic E-state index is -4.48. The van der Waals surface area contributed by atoms with Crippen molar-refractivity contribution in [2.45, 2.75) is 20.0 Å². The Labute approximate surface area is 155 Å². The molecule has 0 spiro atoms. The van der Waals surface area contributed by atoms with E-state index in [1.165, 1.54) is 30.8 Å². The van der Waals surface area contributed by atoms with Gasteiger partial charge in [0.15, 0.2) is 11.2 Å². The van der Waals surface area contributed by atoms with Gasteiger partial charge < -0.3 is 0 Å². The zero-order valence-electron chi connectivity index (χ0n) is 15.5. The molecule has 0 amide bonds. The summed E-state index contributed by atoms with van der Waals surface area (Å²) in [5.74, 6) is 0.266. The fourth-order valence-corrected chi connectivity index (χ4v) is 3.46. The Bertz CT molecular complexity index is 1390. The molecule has 0 saturated carbocycles. The lowest BCUT2D eigenvalue weighted by molar-refractivity contribution is -0.137. The maximum atomic E-state index is 13.2. The first-order valence-corrected chi connectivity index (χ1v) is 8.37. The van der Waals surface area contributed by atoms with Gasteiger partial charge in [0.25, 0.3) is 5.56 Å². The van der Waals surface area contributed by atoms with Crippen molar-refractivity contribution in [1.82, 2.24) is 23.1 Å². The smallest absolute Gasteiger partial charge is 0.283 e. The van der Waals surface area contributed by atoms with Gasteiger partial charge >= 0.3 is 11.9 Å². The Balaban J connectivity index is 2.17. The second kappa shape index (κ2) is 5.60. The van der Waals surface area contributed by atoms with Crippen molar-refractivity contribution in [3.05, 3.63) is 62.1 Å². The molecule has 10 heteroatoms. The van der Waals surface area contributed by atoms with E-state index in [-0.39, 0.29) is 22.6 Å². The van der Waals surface area contributed by atoms with Crippen molar-refractivity contribution in [1.29, 1.82) is 0 Å².